The average Bonchev–Trinajstić information content (AvgIpc) is 2.59. The molecule has 0 bridgehead atoms. The number of nitro groups is 2. The van der Waals surface area contributed by atoms with Gasteiger partial charge >= 0.3 is 5.82 Å². The van der Waals surface area contributed by atoms with Crippen LogP contribution in [0, 0.1) is 20.2 Å². The summed E-state index contributed by atoms with van der Waals surface area (Å²) < 4.78 is 0. The van der Waals surface area contributed by atoms with Gasteiger partial charge in [-0.15, -0.1) is 0 Å². The Hall–Kier alpha value is -2.52. The molecule has 10 nitrogen and oxygen atoms in total. The van der Waals surface area contributed by atoms with Gasteiger partial charge < -0.3 is 20.2 Å². The van der Waals surface area contributed by atoms with Crippen LogP contribution in [0.3, 0.4) is 0 Å². The quantitative estimate of drug-likeness (QED) is 0.520. The average molecular weight is 198 g/mol. The van der Waals surface area contributed by atoms with Crippen LogP contribution >= 0.6 is 0 Å². The van der Waals surface area contributed by atoms with Gasteiger partial charge in [0.1, 0.15) is 5.10 Å². The van der Waals surface area contributed by atoms with E-state index in [1.54, 1.807) is 0 Å². The number of rotatable bonds is 2. The second-order valence-corrected chi connectivity index (χ2v) is 2.34. The smallest absolute Gasteiger partial charge is 0.358 e. The van der Waals surface area contributed by atoms with Crippen LogP contribution in [-0.2, 0) is 0 Å². The Morgan fingerprint density at radius 1 is 1.43 bits per heavy atom. The topological polar surface area (TPSA) is 133 Å². The maximum Gasteiger partial charge on any atom is 0.420 e. The molecule has 0 aromatic carbocycles. The van der Waals surface area contributed by atoms with Crippen LogP contribution in [-0.4, -0.2) is 30.0 Å². The van der Waals surface area contributed by atoms with Crippen molar-refractivity contribution >= 4 is 16.9 Å². The Morgan fingerprint density at radius 2 is 2.14 bits per heavy atom. The van der Waals surface area contributed by atoms with Gasteiger partial charge in [0.15, 0.2) is 11.0 Å². The summed E-state index contributed by atoms with van der Waals surface area (Å²) in [5, 5.41) is 28.8. The van der Waals surface area contributed by atoms with Gasteiger partial charge in [0.2, 0.25) is 0 Å². The highest BCUT2D eigenvalue weighted by Crippen LogP contribution is 2.21. The molecule has 0 atom stereocenters. The largest absolute Gasteiger partial charge is 0.420 e. The maximum atomic E-state index is 10.4. The van der Waals surface area contributed by atoms with Crippen LogP contribution in [0.4, 0.5) is 5.82 Å². The van der Waals surface area contributed by atoms with Gasteiger partial charge in [-0.3, -0.25) is 5.10 Å². The van der Waals surface area contributed by atoms with Crippen molar-refractivity contribution in [1.29, 1.82) is 0 Å². The van der Waals surface area contributed by atoms with Gasteiger partial charge in [0.25, 0.3) is 0 Å². The summed E-state index contributed by atoms with van der Waals surface area (Å²) in [7, 11) is 0. The van der Waals surface area contributed by atoms with Crippen molar-refractivity contribution in [2.24, 2.45) is 0 Å². The lowest BCUT2D eigenvalue weighted by Gasteiger charge is -1.88. The Bertz CT molecular complexity index is 481. The van der Waals surface area contributed by atoms with Crippen molar-refractivity contribution in [3.8, 4) is 0 Å². The lowest BCUT2D eigenvalue weighted by molar-refractivity contribution is -0.549. The van der Waals surface area contributed by atoms with E-state index in [0.717, 1.165) is 6.20 Å². The SMILES string of the molecule is O=[N+]([O-])c1nn([N+](=O)[O-])c2cn[nH]c12. The second kappa shape index (κ2) is 2.48. The fourth-order valence-electron chi connectivity index (χ4n) is 1.04. The molecule has 0 aliphatic heterocycles. The normalized spacial score (nSPS) is 10.6. The Labute approximate surface area is 74.4 Å². The molecule has 0 saturated carbocycles. The number of H-pyrrole nitrogens is 1. The van der Waals surface area contributed by atoms with Gasteiger partial charge in [-0.25, -0.2) is 0 Å². The van der Waals surface area contributed by atoms with Crippen molar-refractivity contribution in [3.05, 3.63) is 26.4 Å². The number of nitrogens with zero attached hydrogens (tertiary/aromatic N) is 5. The van der Waals surface area contributed by atoms with Gasteiger partial charge in [-0.1, -0.05) is 0 Å². The molecule has 0 aliphatic rings. The van der Waals surface area contributed by atoms with Gasteiger partial charge in [0, 0.05) is 4.79 Å². The summed E-state index contributed by atoms with van der Waals surface area (Å²) >= 11 is 0. The first-order valence-corrected chi connectivity index (χ1v) is 3.32. The van der Waals surface area contributed by atoms with Crippen molar-refractivity contribution < 1.29 is 9.96 Å². The van der Waals surface area contributed by atoms with Crippen molar-refractivity contribution in [1.82, 2.24) is 20.1 Å². The highest BCUT2D eigenvalue weighted by atomic mass is 16.7. The molecule has 2 heterocycles. The standard InChI is InChI=1S/C4H2N6O4/c11-9(12)4-3-2(1-5-6-3)8(7-4)10(13)14/h1H,(H,5,6). The Balaban J connectivity index is 2.80. The number of aromatic nitrogens is 4. The number of fused-ring (bicyclic) bond motifs is 1. The first kappa shape index (κ1) is 8.10. The monoisotopic (exact) mass is 198 g/mol. The fraction of sp³-hybridized carbons (Fsp3) is 0. The molecule has 72 valence electrons. The molecule has 0 unspecified atom stereocenters. The molecule has 14 heavy (non-hydrogen) atoms. The summed E-state index contributed by atoms with van der Waals surface area (Å²) in [6, 6.07) is 0. The third-order valence-corrected chi connectivity index (χ3v) is 1.58. The zero-order chi connectivity index (χ0) is 10.3. The maximum absolute atomic E-state index is 10.4. The predicted octanol–water partition coefficient (Wildman–Crippen LogP) is -0.293. The fourth-order valence-corrected chi connectivity index (χ4v) is 1.04. The van der Waals surface area contributed by atoms with Crippen molar-refractivity contribution in [3.63, 3.8) is 0 Å². The van der Waals surface area contributed by atoms with E-state index >= 15 is 0 Å². The predicted molar refractivity (Wildman–Crippen MR) is 40.9 cm³/mol. The molecule has 0 saturated heterocycles. The number of hydrogen-bond acceptors (Lipinski definition) is 6. The van der Waals surface area contributed by atoms with E-state index in [-0.39, 0.29) is 11.0 Å². The Morgan fingerprint density at radius 3 is 2.71 bits per heavy atom. The molecule has 2 aromatic heterocycles. The lowest BCUT2D eigenvalue weighted by Crippen LogP contribution is -2.10. The van der Waals surface area contributed by atoms with Gasteiger partial charge in [-0.2, -0.15) is 5.10 Å². The van der Waals surface area contributed by atoms with Gasteiger partial charge in [-0.05, 0) is 4.92 Å². The number of aromatic amines is 1. The third kappa shape index (κ3) is 0.903. The zero-order valence-electron chi connectivity index (χ0n) is 6.45. The van der Waals surface area contributed by atoms with Crippen LogP contribution < -0.4 is 0 Å². The minimum Gasteiger partial charge on any atom is -0.358 e. The van der Waals surface area contributed by atoms with E-state index < -0.39 is 15.8 Å². The molecule has 10 heteroatoms. The van der Waals surface area contributed by atoms with E-state index in [4.69, 9.17) is 0 Å². The number of hydrogen-bond donors (Lipinski definition) is 1. The lowest BCUT2D eigenvalue weighted by atomic mass is 10.5. The molecule has 0 amide bonds. The van der Waals surface area contributed by atoms with E-state index in [2.05, 4.69) is 15.3 Å². The summed E-state index contributed by atoms with van der Waals surface area (Å²) in [4.78, 5) is 20.3. The summed E-state index contributed by atoms with van der Waals surface area (Å²) in [6.45, 7) is 0. The molecule has 0 fully saturated rings. The van der Waals surface area contributed by atoms with Crippen LogP contribution in [0.5, 0.6) is 0 Å². The van der Waals surface area contributed by atoms with Crippen molar-refractivity contribution in [2.75, 3.05) is 0 Å². The molecule has 1 N–H and O–H groups in total. The Kier molecular flexibility index (Phi) is 1.44. The third-order valence-electron chi connectivity index (χ3n) is 1.58. The first-order valence-electron chi connectivity index (χ1n) is 3.32. The van der Waals surface area contributed by atoms with Crippen molar-refractivity contribution in [2.45, 2.75) is 0 Å². The van der Waals surface area contributed by atoms with E-state index in [1.165, 1.54) is 0 Å². The molecule has 0 aliphatic carbocycles. The second-order valence-electron chi connectivity index (χ2n) is 2.34. The van der Waals surface area contributed by atoms with Crippen LogP contribution in [0.2, 0.25) is 0 Å². The summed E-state index contributed by atoms with van der Waals surface area (Å²) in [5.74, 6) is -0.616. The summed E-state index contributed by atoms with van der Waals surface area (Å²) in [6.07, 6.45) is 1.10. The van der Waals surface area contributed by atoms with Gasteiger partial charge in [0.05, 0.1) is 11.2 Å². The molecule has 0 spiro atoms. The first-order chi connectivity index (χ1) is 6.61. The minimum atomic E-state index is -0.870. The van der Waals surface area contributed by atoms with E-state index in [1.807, 2.05) is 0 Å². The molecule has 0 radical (unpaired) electrons. The van der Waals surface area contributed by atoms with Crippen LogP contribution in [0.25, 0.3) is 11.0 Å². The van der Waals surface area contributed by atoms with Crippen LogP contribution in [0.1, 0.15) is 0 Å². The summed E-state index contributed by atoms with van der Waals surface area (Å²) in [5.41, 5.74) is -0.103. The van der Waals surface area contributed by atoms with E-state index in [9.17, 15) is 20.2 Å². The van der Waals surface area contributed by atoms with Crippen LogP contribution in [0.15, 0.2) is 6.20 Å². The molecular formula is C4H2N6O4. The molecule has 2 aromatic rings. The molecular weight excluding hydrogens is 196 g/mol. The highest BCUT2D eigenvalue weighted by molar-refractivity contribution is 5.81. The molecule has 2 rings (SSSR count). The van der Waals surface area contributed by atoms with E-state index in [0.29, 0.717) is 4.79 Å². The minimum absolute atomic E-state index is 0.0401. The zero-order valence-corrected chi connectivity index (χ0v) is 6.45. The highest BCUT2D eigenvalue weighted by Gasteiger charge is 2.26. The number of nitrogens with one attached hydrogen (secondary N) is 1.